The Bertz CT molecular complexity index is 1850. The molecule has 0 heterocycles. The number of hydrogen-bond donors (Lipinski definition) is 3. The predicted molar refractivity (Wildman–Crippen MR) is 386 cm³/mol. The number of aliphatic hydroxyl groups excluding tert-OH is 1. The average molecular weight is 1400 g/mol. The Labute approximate surface area is 581 Å². The Morgan fingerprint density at radius 2 is 0.537 bits per heavy atom. The SMILES string of the molecule is CCCCCCCCCCCCCCCCCC(=O)OC[C@H](COP(=O)(O)OC[C@@H](O)COP(=O)(O)OC[C@@H](COC(=O)CCCCCCCCC(C)CC)OC(=O)CCCCCCCCCCCCCC(C)C)OC(=O)CCCCCCCCCCCCCCCC(C)C. The highest BCUT2D eigenvalue weighted by Gasteiger charge is 2.30. The molecule has 0 aromatic carbocycles. The molecule has 0 fully saturated rings. The first-order valence-corrected chi connectivity index (χ1v) is 42.4. The van der Waals surface area contributed by atoms with Crippen LogP contribution in [0.25, 0.3) is 0 Å². The monoisotopic (exact) mass is 1400 g/mol. The predicted octanol–water partition coefficient (Wildman–Crippen LogP) is 22.2. The summed E-state index contributed by atoms with van der Waals surface area (Å²) in [5.41, 5.74) is 0. The van der Waals surface area contributed by atoms with E-state index in [1.165, 1.54) is 193 Å². The smallest absolute Gasteiger partial charge is 0.462 e. The molecule has 0 aliphatic rings. The van der Waals surface area contributed by atoms with Crippen molar-refractivity contribution >= 4 is 39.5 Å². The van der Waals surface area contributed by atoms with Crippen LogP contribution in [-0.4, -0.2) is 96.7 Å². The summed E-state index contributed by atoms with van der Waals surface area (Å²) in [6, 6.07) is 0. The average Bonchev–Trinajstić information content (AvgIpc) is 1.68. The molecule has 0 rings (SSSR count). The highest BCUT2D eigenvalue weighted by atomic mass is 31.2. The summed E-state index contributed by atoms with van der Waals surface area (Å²) in [4.78, 5) is 72.8. The fourth-order valence-corrected chi connectivity index (χ4v) is 13.1. The van der Waals surface area contributed by atoms with Gasteiger partial charge in [-0.25, -0.2) is 9.13 Å². The minimum Gasteiger partial charge on any atom is -0.462 e. The molecule has 0 aliphatic carbocycles. The standard InChI is InChI=1S/C76H148O17P2/c1-8-10-11-12-13-14-15-16-17-20-25-30-35-43-50-57-73(78)86-63-71(92-75(80)59-52-45-36-31-26-21-18-19-23-28-33-40-47-54-67(3)4)65-90-94(82,83)88-61-70(77)62-89-95(84,85)91-66-72(64-87-74(79)58-51-44-39-38-42-49-56-69(7)9-2)93-76(81)60-53-46-37-32-27-22-24-29-34-41-48-55-68(5)6/h67-72,77H,8-66H2,1-7H3,(H,82,83)(H,84,85)/t69?,70-,71-,72-/m1/s1. The van der Waals surface area contributed by atoms with E-state index >= 15 is 0 Å². The molecule has 3 unspecified atom stereocenters. The summed E-state index contributed by atoms with van der Waals surface area (Å²) in [5, 5.41) is 10.6. The van der Waals surface area contributed by atoms with Crippen LogP contribution in [0.3, 0.4) is 0 Å². The zero-order valence-corrected chi connectivity index (χ0v) is 63.9. The molecule has 6 atom stereocenters. The van der Waals surface area contributed by atoms with E-state index in [2.05, 4.69) is 48.5 Å². The van der Waals surface area contributed by atoms with Gasteiger partial charge in [0.2, 0.25) is 0 Å². The fourth-order valence-electron chi connectivity index (χ4n) is 11.6. The first-order valence-electron chi connectivity index (χ1n) is 39.4. The number of aliphatic hydroxyl groups is 1. The van der Waals surface area contributed by atoms with Crippen molar-refractivity contribution in [3.63, 3.8) is 0 Å². The van der Waals surface area contributed by atoms with Crippen molar-refractivity contribution in [2.24, 2.45) is 17.8 Å². The van der Waals surface area contributed by atoms with Crippen molar-refractivity contribution in [2.45, 2.75) is 407 Å². The molecule has 0 amide bonds. The molecule has 0 radical (unpaired) electrons. The van der Waals surface area contributed by atoms with Crippen LogP contribution >= 0.6 is 15.6 Å². The number of ether oxygens (including phenoxy) is 4. The molecule has 564 valence electrons. The second-order valence-corrected chi connectivity index (χ2v) is 31.5. The van der Waals surface area contributed by atoms with Gasteiger partial charge in [0.05, 0.1) is 26.4 Å². The van der Waals surface area contributed by atoms with E-state index in [-0.39, 0.29) is 25.7 Å². The molecular weight excluding hydrogens is 1250 g/mol. The van der Waals surface area contributed by atoms with Gasteiger partial charge in [-0.2, -0.15) is 0 Å². The molecule has 0 aromatic rings. The number of hydrogen-bond acceptors (Lipinski definition) is 15. The second kappa shape index (κ2) is 66.6. The third-order valence-corrected chi connectivity index (χ3v) is 19.9. The van der Waals surface area contributed by atoms with Crippen molar-refractivity contribution in [3.05, 3.63) is 0 Å². The van der Waals surface area contributed by atoms with Crippen LogP contribution in [0.5, 0.6) is 0 Å². The van der Waals surface area contributed by atoms with Gasteiger partial charge >= 0.3 is 39.5 Å². The van der Waals surface area contributed by atoms with Gasteiger partial charge in [0, 0.05) is 25.7 Å². The Morgan fingerprint density at radius 3 is 0.800 bits per heavy atom. The number of phosphoric acid groups is 2. The maximum atomic E-state index is 13.1. The zero-order chi connectivity index (χ0) is 70.1. The van der Waals surface area contributed by atoms with E-state index in [1.807, 2.05) is 0 Å². The summed E-state index contributed by atoms with van der Waals surface area (Å²) in [5.74, 6) is 0.165. The number of phosphoric ester groups is 2. The first kappa shape index (κ1) is 93.1. The van der Waals surface area contributed by atoms with Gasteiger partial charge in [0.1, 0.15) is 19.3 Å². The van der Waals surface area contributed by atoms with Crippen LogP contribution in [0.15, 0.2) is 0 Å². The number of carbonyl (C=O) groups is 4. The normalized spacial score (nSPS) is 14.4. The van der Waals surface area contributed by atoms with Crippen molar-refractivity contribution in [2.75, 3.05) is 39.6 Å². The molecular formula is C76H148O17P2. The number of unbranched alkanes of at least 4 members (excludes halogenated alkanes) is 41. The van der Waals surface area contributed by atoms with Crippen molar-refractivity contribution in [1.29, 1.82) is 0 Å². The van der Waals surface area contributed by atoms with Crippen LogP contribution in [0.2, 0.25) is 0 Å². The van der Waals surface area contributed by atoms with Gasteiger partial charge < -0.3 is 33.8 Å². The molecule has 0 bridgehead atoms. The van der Waals surface area contributed by atoms with Crippen LogP contribution in [0.4, 0.5) is 0 Å². The largest absolute Gasteiger partial charge is 0.472 e. The quantitative estimate of drug-likeness (QED) is 0.0222. The molecule has 95 heavy (non-hydrogen) atoms. The third-order valence-electron chi connectivity index (χ3n) is 18.0. The van der Waals surface area contributed by atoms with E-state index in [9.17, 15) is 43.2 Å². The summed E-state index contributed by atoms with van der Waals surface area (Å²) in [7, 11) is -9.91. The molecule has 19 heteroatoms. The van der Waals surface area contributed by atoms with E-state index in [4.69, 9.17) is 37.0 Å². The second-order valence-electron chi connectivity index (χ2n) is 28.6. The Morgan fingerprint density at radius 1 is 0.305 bits per heavy atom. The maximum absolute atomic E-state index is 13.1. The van der Waals surface area contributed by atoms with Crippen LogP contribution in [0.1, 0.15) is 389 Å². The Hall–Kier alpha value is -1.94. The molecule has 0 saturated carbocycles. The number of carbonyl (C=O) groups excluding carboxylic acids is 4. The lowest BCUT2D eigenvalue weighted by Crippen LogP contribution is -2.30. The van der Waals surface area contributed by atoms with Gasteiger partial charge in [-0.15, -0.1) is 0 Å². The van der Waals surface area contributed by atoms with E-state index < -0.39 is 97.5 Å². The van der Waals surface area contributed by atoms with Crippen LogP contribution in [-0.2, 0) is 65.4 Å². The first-order chi connectivity index (χ1) is 45.8. The van der Waals surface area contributed by atoms with Gasteiger partial charge in [0.15, 0.2) is 12.2 Å². The molecule has 0 saturated heterocycles. The summed E-state index contributed by atoms with van der Waals surface area (Å²) >= 11 is 0. The summed E-state index contributed by atoms with van der Waals surface area (Å²) < 4.78 is 68.5. The summed E-state index contributed by atoms with van der Waals surface area (Å²) in [6.45, 7) is 11.9. The van der Waals surface area contributed by atoms with Crippen molar-refractivity contribution < 1.29 is 80.2 Å². The van der Waals surface area contributed by atoms with Gasteiger partial charge in [-0.3, -0.25) is 37.3 Å². The molecule has 17 nitrogen and oxygen atoms in total. The molecule has 0 aromatic heterocycles. The Kier molecular flexibility index (Phi) is 65.2. The van der Waals surface area contributed by atoms with Gasteiger partial charge in [0.25, 0.3) is 0 Å². The maximum Gasteiger partial charge on any atom is 0.472 e. The highest BCUT2D eigenvalue weighted by molar-refractivity contribution is 7.47. The lowest BCUT2D eigenvalue weighted by molar-refractivity contribution is -0.161. The van der Waals surface area contributed by atoms with Crippen molar-refractivity contribution in [1.82, 2.24) is 0 Å². The zero-order valence-electron chi connectivity index (χ0n) is 62.1. The minimum absolute atomic E-state index is 0.105. The molecule has 0 aliphatic heterocycles. The van der Waals surface area contributed by atoms with Crippen molar-refractivity contribution in [3.8, 4) is 0 Å². The lowest BCUT2D eigenvalue weighted by atomic mass is 10.00. The number of esters is 4. The van der Waals surface area contributed by atoms with Crippen LogP contribution < -0.4 is 0 Å². The van der Waals surface area contributed by atoms with Gasteiger partial charge in [-0.1, -0.05) is 337 Å². The molecule has 0 spiro atoms. The topological polar surface area (TPSA) is 237 Å². The van der Waals surface area contributed by atoms with E-state index in [0.717, 1.165) is 114 Å². The summed E-state index contributed by atoms with van der Waals surface area (Å²) in [6.07, 6.45) is 52.6. The van der Waals surface area contributed by atoms with E-state index in [0.29, 0.717) is 25.7 Å². The highest BCUT2D eigenvalue weighted by Crippen LogP contribution is 2.45. The molecule has 3 N–H and O–H groups in total. The Balaban J connectivity index is 5.26. The van der Waals surface area contributed by atoms with E-state index in [1.54, 1.807) is 0 Å². The fraction of sp³-hybridized carbons (Fsp3) is 0.947. The lowest BCUT2D eigenvalue weighted by Gasteiger charge is -2.21. The number of rotatable bonds is 74. The van der Waals surface area contributed by atoms with Gasteiger partial charge in [-0.05, 0) is 43.4 Å². The van der Waals surface area contributed by atoms with Crippen LogP contribution in [0, 0.1) is 17.8 Å². The third kappa shape index (κ3) is 69.0. The minimum atomic E-state index is -4.96.